The van der Waals surface area contributed by atoms with Crippen LogP contribution >= 0.6 is 0 Å². The number of piperidine rings is 1. The van der Waals surface area contributed by atoms with Crippen LogP contribution in [0.5, 0.6) is 0 Å². The van der Waals surface area contributed by atoms with Gasteiger partial charge in [-0.2, -0.15) is 0 Å². The van der Waals surface area contributed by atoms with E-state index >= 15 is 0 Å². The lowest BCUT2D eigenvalue weighted by Gasteiger charge is -2.37. The van der Waals surface area contributed by atoms with E-state index in [1.807, 2.05) is 45.6 Å². The zero-order valence-electron chi connectivity index (χ0n) is 17.2. The molecule has 7 heteroatoms. The molecule has 1 N–H and O–H groups in total. The molecule has 0 radical (unpaired) electrons. The van der Waals surface area contributed by atoms with Gasteiger partial charge in [0.15, 0.2) is 0 Å². The molecule has 2 rings (SSSR count). The van der Waals surface area contributed by atoms with Gasteiger partial charge in [-0.15, -0.1) is 0 Å². The molecule has 0 saturated carbocycles. The van der Waals surface area contributed by atoms with E-state index in [0.717, 1.165) is 25.1 Å². The third kappa shape index (κ3) is 6.81. The fraction of sp³-hybridized carbons (Fsp3) is 0.700. The Balaban J connectivity index is 1.89. The van der Waals surface area contributed by atoms with Crippen molar-refractivity contribution in [3.05, 3.63) is 24.2 Å². The normalized spacial score (nSPS) is 17.7. The van der Waals surface area contributed by atoms with E-state index in [1.165, 1.54) is 0 Å². The standard InChI is InChI=1S/C20H33N3O4/c1-15(2)23(19(25)27-20(3,4)5)14-16-8-6-10-22(13-16)18(24)21-12-17-9-7-11-26-17/h7,9,11,15-16H,6,8,10,12-14H2,1-5H3,(H,21,24)/t16-/m1/s1. The van der Waals surface area contributed by atoms with Crippen LogP contribution in [0.3, 0.4) is 0 Å². The Kier molecular flexibility index (Phi) is 7.16. The van der Waals surface area contributed by atoms with Gasteiger partial charge < -0.3 is 24.3 Å². The third-order valence-corrected chi connectivity index (χ3v) is 4.51. The van der Waals surface area contributed by atoms with Gasteiger partial charge in [0.1, 0.15) is 11.4 Å². The second-order valence-corrected chi connectivity index (χ2v) is 8.42. The molecule has 0 spiro atoms. The van der Waals surface area contributed by atoms with Crippen LogP contribution in [0.2, 0.25) is 0 Å². The SMILES string of the molecule is CC(C)N(C[C@@H]1CCCN(C(=O)NCc2ccco2)C1)C(=O)OC(C)(C)C. The molecule has 0 aromatic carbocycles. The van der Waals surface area contributed by atoms with Crippen molar-refractivity contribution >= 4 is 12.1 Å². The number of ether oxygens (including phenoxy) is 1. The number of carbonyl (C=O) groups is 2. The third-order valence-electron chi connectivity index (χ3n) is 4.51. The fourth-order valence-electron chi connectivity index (χ4n) is 3.18. The Labute approximate surface area is 162 Å². The van der Waals surface area contributed by atoms with Gasteiger partial charge >= 0.3 is 12.1 Å². The van der Waals surface area contributed by atoms with E-state index < -0.39 is 5.60 Å². The van der Waals surface area contributed by atoms with Gasteiger partial charge in [-0.05, 0) is 65.5 Å². The summed E-state index contributed by atoms with van der Waals surface area (Å²) in [6, 6.07) is 3.59. The molecule has 1 aromatic rings. The van der Waals surface area contributed by atoms with Crippen molar-refractivity contribution in [1.82, 2.24) is 15.1 Å². The van der Waals surface area contributed by atoms with Crippen molar-refractivity contribution in [3.8, 4) is 0 Å². The van der Waals surface area contributed by atoms with Crippen molar-refractivity contribution in [3.63, 3.8) is 0 Å². The summed E-state index contributed by atoms with van der Waals surface area (Å²) in [6.45, 7) is 11.9. The van der Waals surface area contributed by atoms with Crippen molar-refractivity contribution in [2.45, 2.75) is 65.6 Å². The maximum Gasteiger partial charge on any atom is 0.410 e. The number of nitrogens with one attached hydrogen (secondary N) is 1. The van der Waals surface area contributed by atoms with E-state index in [4.69, 9.17) is 9.15 Å². The Morgan fingerprint density at radius 2 is 2.15 bits per heavy atom. The van der Waals surface area contributed by atoms with Crippen molar-refractivity contribution < 1.29 is 18.7 Å². The Hall–Kier alpha value is -2.18. The molecule has 0 bridgehead atoms. The first-order valence-corrected chi connectivity index (χ1v) is 9.70. The molecule has 7 nitrogen and oxygen atoms in total. The molecule has 1 aliphatic heterocycles. The van der Waals surface area contributed by atoms with Crippen LogP contribution in [0.1, 0.15) is 53.2 Å². The molecular weight excluding hydrogens is 346 g/mol. The van der Waals surface area contributed by atoms with Crippen LogP contribution in [-0.4, -0.2) is 53.2 Å². The Morgan fingerprint density at radius 1 is 1.41 bits per heavy atom. The number of furan rings is 1. The van der Waals surface area contributed by atoms with Gasteiger partial charge in [-0.3, -0.25) is 0 Å². The molecule has 152 valence electrons. The average molecular weight is 380 g/mol. The number of rotatable bonds is 5. The van der Waals surface area contributed by atoms with Gasteiger partial charge in [0.2, 0.25) is 0 Å². The summed E-state index contributed by atoms with van der Waals surface area (Å²) in [4.78, 5) is 28.6. The summed E-state index contributed by atoms with van der Waals surface area (Å²) in [6.07, 6.45) is 3.22. The molecule has 3 amide bonds. The van der Waals surface area contributed by atoms with Crippen molar-refractivity contribution in [2.75, 3.05) is 19.6 Å². The maximum absolute atomic E-state index is 12.5. The first kappa shape index (κ1) is 21.1. The summed E-state index contributed by atoms with van der Waals surface area (Å²) in [5.74, 6) is 0.968. The fourth-order valence-corrected chi connectivity index (χ4v) is 3.18. The molecule has 1 aliphatic rings. The highest BCUT2D eigenvalue weighted by Crippen LogP contribution is 2.21. The lowest BCUT2D eigenvalue weighted by atomic mass is 9.97. The van der Waals surface area contributed by atoms with E-state index in [1.54, 1.807) is 17.2 Å². The second kappa shape index (κ2) is 9.15. The Bertz CT molecular complexity index is 607. The molecule has 0 aliphatic carbocycles. The van der Waals surface area contributed by atoms with Crippen LogP contribution in [0.15, 0.2) is 22.8 Å². The summed E-state index contributed by atoms with van der Waals surface area (Å²) in [7, 11) is 0. The summed E-state index contributed by atoms with van der Waals surface area (Å²) >= 11 is 0. The molecule has 1 saturated heterocycles. The van der Waals surface area contributed by atoms with Crippen LogP contribution in [-0.2, 0) is 11.3 Å². The minimum atomic E-state index is -0.519. The zero-order valence-corrected chi connectivity index (χ0v) is 17.2. The molecule has 2 heterocycles. The van der Waals surface area contributed by atoms with Gasteiger partial charge in [0, 0.05) is 25.7 Å². The largest absolute Gasteiger partial charge is 0.467 e. The first-order valence-electron chi connectivity index (χ1n) is 9.70. The smallest absolute Gasteiger partial charge is 0.410 e. The number of hydrogen-bond donors (Lipinski definition) is 1. The predicted octanol–water partition coefficient (Wildman–Crippen LogP) is 3.85. The first-order chi connectivity index (χ1) is 12.7. The Morgan fingerprint density at radius 3 is 2.74 bits per heavy atom. The summed E-state index contributed by atoms with van der Waals surface area (Å²) in [5, 5.41) is 2.89. The number of hydrogen-bond acceptors (Lipinski definition) is 4. The van der Waals surface area contributed by atoms with Crippen LogP contribution in [0, 0.1) is 5.92 Å². The minimum Gasteiger partial charge on any atom is -0.467 e. The molecule has 1 fully saturated rings. The van der Waals surface area contributed by atoms with Gasteiger partial charge in [-0.25, -0.2) is 9.59 Å². The number of likely N-dealkylation sites (tertiary alicyclic amines) is 1. The zero-order chi connectivity index (χ0) is 20.0. The summed E-state index contributed by atoms with van der Waals surface area (Å²) in [5.41, 5.74) is -0.519. The molecule has 1 atom stereocenters. The molecule has 0 unspecified atom stereocenters. The van der Waals surface area contributed by atoms with Crippen molar-refractivity contribution in [1.29, 1.82) is 0 Å². The lowest BCUT2D eigenvalue weighted by molar-refractivity contribution is 0.0131. The lowest BCUT2D eigenvalue weighted by Crippen LogP contribution is -2.50. The van der Waals surface area contributed by atoms with E-state index in [-0.39, 0.29) is 24.1 Å². The second-order valence-electron chi connectivity index (χ2n) is 8.42. The molecule has 1 aromatic heterocycles. The predicted molar refractivity (Wildman–Crippen MR) is 103 cm³/mol. The van der Waals surface area contributed by atoms with Crippen molar-refractivity contribution in [2.24, 2.45) is 5.92 Å². The minimum absolute atomic E-state index is 0.0444. The molecular formula is C20H33N3O4. The molecule has 27 heavy (non-hydrogen) atoms. The number of urea groups is 1. The van der Waals surface area contributed by atoms with E-state index in [0.29, 0.717) is 19.6 Å². The number of amides is 3. The summed E-state index contributed by atoms with van der Waals surface area (Å²) < 4.78 is 10.8. The monoisotopic (exact) mass is 379 g/mol. The van der Waals surface area contributed by atoms with E-state index in [9.17, 15) is 9.59 Å². The van der Waals surface area contributed by atoms with Gasteiger partial charge in [0.05, 0.1) is 12.8 Å². The van der Waals surface area contributed by atoms with Gasteiger partial charge in [-0.1, -0.05) is 0 Å². The quantitative estimate of drug-likeness (QED) is 0.843. The van der Waals surface area contributed by atoms with E-state index in [2.05, 4.69) is 5.32 Å². The highest BCUT2D eigenvalue weighted by molar-refractivity contribution is 5.74. The van der Waals surface area contributed by atoms with Crippen LogP contribution < -0.4 is 5.32 Å². The van der Waals surface area contributed by atoms with Gasteiger partial charge in [0.25, 0.3) is 0 Å². The topological polar surface area (TPSA) is 75.0 Å². The van der Waals surface area contributed by atoms with Crippen LogP contribution in [0.4, 0.5) is 9.59 Å². The average Bonchev–Trinajstić information content (AvgIpc) is 3.09. The van der Waals surface area contributed by atoms with Crippen LogP contribution in [0.25, 0.3) is 0 Å². The number of carbonyl (C=O) groups excluding carboxylic acids is 2. The highest BCUT2D eigenvalue weighted by Gasteiger charge is 2.30. The number of nitrogens with zero attached hydrogens (tertiary/aromatic N) is 2. The highest BCUT2D eigenvalue weighted by atomic mass is 16.6. The maximum atomic E-state index is 12.5.